The number of ether oxygens (including phenoxy) is 3. The van der Waals surface area contributed by atoms with Crippen molar-refractivity contribution in [2.24, 2.45) is 0 Å². The molecule has 1 unspecified atom stereocenters. The first-order valence-corrected chi connectivity index (χ1v) is 28.6. The number of likely N-dealkylation sites (N-methyl/N-ethyl adjacent to an activating group) is 1. The molecule has 4 aliphatic heterocycles. The Kier molecular flexibility index (Phi) is 15.2. The Bertz CT molecular complexity index is 3090. The van der Waals surface area contributed by atoms with Crippen molar-refractivity contribution in [2.45, 2.75) is 114 Å². The van der Waals surface area contributed by atoms with Gasteiger partial charge in [0.15, 0.2) is 17.3 Å². The van der Waals surface area contributed by atoms with E-state index in [0.717, 1.165) is 58.6 Å². The van der Waals surface area contributed by atoms with Crippen LogP contribution in [-0.2, 0) is 52.2 Å². The molecule has 0 saturated heterocycles. The second kappa shape index (κ2) is 21.5. The summed E-state index contributed by atoms with van der Waals surface area (Å²) in [6.45, 7) is 8.41. The molecule has 5 aromatic rings. The number of Topliss-reactive ketones (excluding diaryl/α,β-unsaturated/α-hetero) is 1. The highest BCUT2D eigenvalue weighted by molar-refractivity contribution is 8.77. The molecule has 5 aromatic carbocycles. The van der Waals surface area contributed by atoms with Crippen molar-refractivity contribution in [3.63, 3.8) is 0 Å². The average Bonchev–Trinajstić information content (AvgIpc) is 3.86. The van der Waals surface area contributed by atoms with Crippen molar-refractivity contribution in [3.05, 3.63) is 136 Å². The van der Waals surface area contributed by atoms with E-state index in [1.807, 2.05) is 110 Å². The van der Waals surface area contributed by atoms with E-state index in [2.05, 4.69) is 22.3 Å². The lowest BCUT2D eigenvalue weighted by molar-refractivity contribution is -0.118. The number of rotatable bonds is 19. The Morgan fingerprint density at radius 3 is 2.10 bits per heavy atom. The van der Waals surface area contributed by atoms with Crippen LogP contribution >= 0.6 is 21.6 Å². The second-order valence-corrected chi connectivity index (χ2v) is 24.7. The third-order valence-corrected chi connectivity index (χ3v) is 18.9. The molecule has 0 saturated carbocycles. The van der Waals surface area contributed by atoms with Gasteiger partial charge in [-0.3, -0.25) is 23.7 Å². The van der Waals surface area contributed by atoms with Crippen molar-refractivity contribution in [1.29, 1.82) is 0 Å². The van der Waals surface area contributed by atoms with Gasteiger partial charge >= 0.3 is 0 Å². The van der Waals surface area contributed by atoms with Gasteiger partial charge in [-0.2, -0.15) is 8.42 Å². The van der Waals surface area contributed by atoms with E-state index < -0.39 is 21.2 Å². The first-order valence-electron chi connectivity index (χ1n) is 24.8. The van der Waals surface area contributed by atoms with Crippen molar-refractivity contribution in [1.82, 2.24) is 0 Å². The molecule has 0 bridgehead atoms. The lowest BCUT2D eigenvalue weighted by Gasteiger charge is -2.25. The SMILES string of the molecule is CCC(=O)C(CCSSC(C)(C)CCC(=O)Nc1cc(COc2cc3c(cc2C)C(=O)N2c4ccccc4C[C@H]2CN3C)cc(COc2cc3c(cc2OC)C(=O)N2c4ccccc4C[C@H]2CC3)c1)S(=O)(=O)O. The summed E-state index contributed by atoms with van der Waals surface area (Å²) in [6, 6.07) is 29.5. The van der Waals surface area contributed by atoms with Crippen molar-refractivity contribution in [2.75, 3.05) is 46.5 Å². The third kappa shape index (κ3) is 11.2. The Hall–Kier alpha value is -6.01. The maximum atomic E-state index is 14.2. The standard InChI is InChI=1S/C56H62N4O10S3/c1-7-48(61)52(73(65,66)67)19-21-71-72-56(3,4)20-18-53(62)57-40-24-35(32-69-49-30-47-44(22-34(49)2)55(64)60-42(31-58(47)5)27-39-13-9-11-15-46(39)60)23-36(25-40)33-70-51-28-37-16-17-41-26-38-12-8-10-14-45(38)59(41)54(63)43(37)29-50(51)68-6/h8-15,22-25,28-30,41-42,52H,7,16-21,26-27,31-33H2,1-6H3,(H,57,62)(H,65,66,67)/t41-,42+,52?/m1/s1. The van der Waals surface area contributed by atoms with Crippen LogP contribution in [0.4, 0.5) is 22.7 Å². The van der Waals surface area contributed by atoms with Gasteiger partial charge in [0.25, 0.3) is 21.9 Å². The molecular formula is C56H62N4O10S3. The predicted molar refractivity (Wildman–Crippen MR) is 290 cm³/mol. The van der Waals surface area contributed by atoms with Gasteiger partial charge in [-0.15, -0.1) is 0 Å². The van der Waals surface area contributed by atoms with Gasteiger partial charge in [0.2, 0.25) is 5.91 Å². The van der Waals surface area contributed by atoms with Crippen molar-refractivity contribution >= 4 is 78.0 Å². The van der Waals surface area contributed by atoms with E-state index in [-0.39, 0.29) is 67.0 Å². The number of aryl methyl sites for hydroxylation is 2. The molecule has 2 N–H and O–H groups in total. The molecule has 3 amide bonds. The zero-order chi connectivity index (χ0) is 51.8. The summed E-state index contributed by atoms with van der Waals surface area (Å²) in [5.74, 6) is 1.08. The summed E-state index contributed by atoms with van der Waals surface area (Å²) in [5, 5.41) is 1.65. The highest BCUT2D eigenvalue weighted by Crippen LogP contribution is 2.43. The summed E-state index contributed by atoms with van der Waals surface area (Å²) in [7, 11) is 1.97. The highest BCUT2D eigenvalue weighted by atomic mass is 33.1. The number of carbonyl (C=O) groups excluding carboxylic acids is 4. The number of benzene rings is 5. The third-order valence-electron chi connectivity index (χ3n) is 14.3. The van der Waals surface area contributed by atoms with Crippen LogP contribution in [0.1, 0.15) is 107 Å². The number of hydrogen-bond donors (Lipinski definition) is 2. The zero-order valence-electron chi connectivity index (χ0n) is 42.1. The summed E-state index contributed by atoms with van der Waals surface area (Å²) >= 11 is 0. The molecule has 0 spiro atoms. The molecule has 0 aliphatic carbocycles. The van der Waals surface area contributed by atoms with Crippen LogP contribution < -0.4 is 34.2 Å². The molecule has 4 heterocycles. The normalized spacial score (nSPS) is 17.3. The summed E-state index contributed by atoms with van der Waals surface area (Å²) in [6.07, 6.45) is 3.80. The van der Waals surface area contributed by atoms with E-state index >= 15 is 0 Å². The Balaban J connectivity index is 0.924. The molecule has 17 heteroatoms. The van der Waals surface area contributed by atoms with Crippen LogP contribution in [0.15, 0.2) is 91.0 Å². The van der Waals surface area contributed by atoms with Crippen LogP contribution in [0.2, 0.25) is 0 Å². The Morgan fingerprint density at radius 1 is 0.808 bits per heavy atom. The van der Waals surface area contributed by atoms with Crippen molar-refractivity contribution in [3.8, 4) is 17.2 Å². The van der Waals surface area contributed by atoms with Crippen LogP contribution in [0.3, 0.4) is 0 Å². The van der Waals surface area contributed by atoms with Gasteiger partial charge in [-0.25, -0.2) is 0 Å². The predicted octanol–water partition coefficient (Wildman–Crippen LogP) is 10.2. The van der Waals surface area contributed by atoms with E-state index in [1.54, 1.807) is 20.1 Å². The first-order chi connectivity index (χ1) is 34.9. The molecule has 9 rings (SSSR count). The van der Waals surface area contributed by atoms with Crippen LogP contribution in [0.25, 0.3) is 0 Å². The molecule has 4 aliphatic rings. The highest BCUT2D eigenvalue weighted by Gasteiger charge is 2.40. The van der Waals surface area contributed by atoms with E-state index in [0.29, 0.717) is 59.2 Å². The fourth-order valence-corrected chi connectivity index (χ4v) is 14.2. The monoisotopic (exact) mass is 1050 g/mol. The van der Waals surface area contributed by atoms with Crippen LogP contribution in [0, 0.1) is 6.92 Å². The van der Waals surface area contributed by atoms with Gasteiger partial charge in [-0.05, 0) is 141 Å². The Morgan fingerprint density at radius 2 is 1.44 bits per heavy atom. The summed E-state index contributed by atoms with van der Waals surface area (Å²) in [4.78, 5) is 60.2. The number of nitrogens with zero attached hydrogens (tertiary/aromatic N) is 3. The summed E-state index contributed by atoms with van der Waals surface area (Å²) in [5.41, 5.74) is 10.0. The minimum Gasteiger partial charge on any atom is -0.493 e. The molecule has 384 valence electrons. The number of amides is 3. The maximum absolute atomic E-state index is 14.2. The van der Waals surface area contributed by atoms with Gasteiger partial charge in [0.05, 0.1) is 24.4 Å². The molecule has 3 atom stereocenters. The lowest BCUT2D eigenvalue weighted by Crippen LogP contribution is -2.41. The molecule has 73 heavy (non-hydrogen) atoms. The van der Waals surface area contributed by atoms with Gasteiger partial charge in [0, 0.05) is 71.7 Å². The van der Waals surface area contributed by atoms with Gasteiger partial charge in [0.1, 0.15) is 24.2 Å². The van der Waals surface area contributed by atoms with Crippen molar-refractivity contribution < 1.29 is 46.4 Å². The molecular weight excluding hydrogens is 985 g/mol. The van der Waals surface area contributed by atoms with Crippen LogP contribution in [-0.4, -0.2) is 85.0 Å². The average molecular weight is 1050 g/mol. The molecule has 14 nitrogen and oxygen atoms in total. The molecule has 0 aromatic heterocycles. The molecule has 0 radical (unpaired) electrons. The number of nitrogens with one attached hydrogen (secondary N) is 1. The van der Waals surface area contributed by atoms with Gasteiger partial charge in [-0.1, -0.05) is 64.9 Å². The second-order valence-electron chi connectivity index (χ2n) is 20.0. The number of anilines is 4. The fourth-order valence-electron chi connectivity index (χ4n) is 10.5. The van der Waals surface area contributed by atoms with E-state index in [1.165, 1.54) is 32.7 Å². The summed E-state index contributed by atoms with van der Waals surface area (Å²) < 4.78 is 51.8. The minimum absolute atomic E-state index is 0.00322. The number of fused-ring (bicyclic) bond motifs is 8. The quantitative estimate of drug-likeness (QED) is 0.0455. The lowest BCUT2D eigenvalue weighted by atomic mass is 9.99. The van der Waals surface area contributed by atoms with E-state index in [9.17, 15) is 32.1 Å². The number of hydrogen-bond acceptors (Lipinski definition) is 12. The van der Waals surface area contributed by atoms with E-state index in [4.69, 9.17) is 14.2 Å². The topological polar surface area (TPSA) is 172 Å². The Labute approximate surface area is 435 Å². The number of carbonyl (C=O) groups is 4. The number of ketones is 1. The van der Waals surface area contributed by atoms with Crippen LogP contribution in [0.5, 0.6) is 17.2 Å². The fraction of sp³-hybridized carbons (Fsp3) is 0.393. The first kappa shape index (κ1) is 51.9. The number of methoxy groups -OCH3 is 1. The zero-order valence-corrected chi connectivity index (χ0v) is 44.5. The minimum atomic E-state index is -4.50. The smallest absolute Gasteiger partial charge is 0.275 e. The largest absolute Gasteiger partial charge is 0.493 e. The number of para-hydroxylation sites is 2. The maximum Gasteiger partial charge on any atom is 0.275 e. The van der Waals surface area contributed by atoms with Gasteiger partial charge < -0.3 is 34.2 Å². The molecule has 0 fully saturated rings.